The van der Waals surface area contributed by atoms with Crippen molar-refractivity contribution in [1.29, 1.82) is 5.26 Å². The molecule has 0 aromatic heterocycles. The maximum absolute atomic E-state index is 9.27. The molecule has 2 nitrogen and oxygen atoms in total. The Bertz CT molecular complexity index is 984. The van der Waals surface area contributed by atoms with E-state index >= 15 is 0 Å². The highest BCUT2D eigenvalue weighted by atomic mass is 14.7. The minimum atomic E-state index is 0.406. The molecule has 0 saturated heterocycles. The van der Waals surface area contributed by atoms with E-state index in [4.69, 9.17) is 0 Å². The summed E-state index contributed by atoms with van der Waals surface area (Å²) in [5.74, 6) is 0. The third-order valence-corrected chi connectivity index (χ3v) is 5.03. The molecule has 0 fully saturated rings. The monoisotopic (exact) mass is 352 g/mol. The average molecular weight is 352 g/mol. The molecule has 3 rings (SSSR count). The van der Waals surface area contributed by atoms with Crippen LogP contribution < -0.4 is 0 Å². The molecular formula is C25H24N2. The van der Waals surface area contributed by atoms with Crippen LogP contribution in [0.4, 0.5) is 0 Å². The lowest BCUT2D eigenvalue weighted by Gasteiger charge is -2.18. The molecular weight excluding hydrogens is 328 g/mol. The van der Waals surface area contributed by atoms with Crippen molar-refractivity contribution in [3.8, 4) is 6.07 Å². The lowest BCUT2D eigenvalue weighted by Crippen LogP contribution is -2.10. The molecule has 27 heavy (non-hydrogen) atoms. The number of aliphatic imine (C=N–C) groups is 1. The molecule has 0 aliphatic heterocycles. The molecule has 1 aromatic rings. The van der Waals surface area contributed by atoms with Crippen molar-refractivity contribution in [3.05, 3.63) is 95.1 Å². The number of hydrogen-bond acceptors (Lipinski definition) is 2. The quantitative estimate of drug-likeness (QED) is 0.594. The predicted molar refractivity (Wildman–Crippen MR) is 115 cm³/mol. The summed E-state index contributed by atoms with van der Waals surface area (Å²) in [6.45, 7) is 10.2. The van der Waals surface area contributed by atoms with Gasteiger partial charge in [-0.3, -0.25) is 4.99 Å². The van der Waals surface area contributed by atoms with Gasteiger partial charge in [-0.15, -0.1) is 0 Å². The van der Waals surface area contributed by atoms with Crippen LogP contribution in [0.25, 0.3) is 11.1 Å². The molecule has 134 valence electrons. The van der Waals surface area contributed by atoms with Crippen LogP contribution in [0.2, 0.25) is 0 Å². The first-order valence-electron chi connectivity index (χ1n) is 9.22. The van der Waals surface area contributed by atoms with Gasteiger partial charge in [-0.2, -0.15) is 5.26 Å². The molecule has 0 unspecified atom stereocenters. The smallest absolute Gasteiger partial charge is 0.0992 e. The van der Waals surface area contributed by atoms with Crippen molar-refractivity contribution in [2.24, 2.45) is 4.99 Å². The van der Waals surface area contributed by atoms with Crippen LogP contribution in [0.1, 0.15) is 37.3 Å². The highest BCUT2D eigenvalue weighted by molar-refractivity contribution is 6.20. The van der Waals surface area contributed by atoms with E-state index in [1.807, 2.05) is 12.2 Å². The molecule has 2 aliphatic rings. The summed E-state index contributed by atoms with van der Waals surface area (Å²) < 4.78 is 0. The third-order valence-electron chi connectivity index (χ3n) is 5.03. The minimum Gasteiger partial charge on any atom is -0.287 e. The zero-order valence-corrected chi connectivity index (χ0v) is 16.0. The van der Waals surface area contributed by atoms with E-state index in [0.717, 1.165) is 40.8 Å². The Morgan fingerprint density at radius 3 is 2.41 bits per heavy atom. The second kappa shape index (κ2) is 8.01. The highest BCUT2D eigenvalue weighted by Gasteiger charge is 2.18. The molecule has 0 heterocycles. The van der Waals surface area contributed by atoms with E-state index in [2.05, 4.69) is 67.6 Å². The number of nitriles is 1. The molecule has 0 atom stereocenters. The standard InChI is InChI=1S/C25H24N2/c1-17-8-6-5-7-9-23(17)21-12-10-20(11-13-21)22-14-18(2)25(27-4)24(15-22)19(3)16-26/h8-15H,2-3,5-7H2,1,4H3/b27-25+. The molecule has 0 saturated carbocycles. The summed E-state index contributed by atoms with van der Waals surface area (Å²) in [5, 5.41) is 9.27. The first-order chi connectivity index (χ1) is 13.0. The van der Waals surface area contributed by atoms with Gasteiger partial charge >= 0.3 is 0 Å². The van der Waals surface area contributed by atoms with Crippen LogP contribution in [0.5, 0.6) is 0 Å². The number of nitrogens with zero attached hydrogens (tertiary/aromatic N) is 2. The number of hydrogen-bond donors (Lipinski definition) is 0. The number of rotatable bonds is 3. The fraction of sp³-hybridized carbons (Fsp3) is 0.200. The fourth-order valence-electron chi connectivity index (χ4n) is 3.56. The highest BCUT2D eigenvalue weighted by Crippen LogP contribution is 2.32. The first kappa shape index (κ1) is 18.6. The molecule has 0 spiro atoms. The molecule has 0 amide bonds. The van der Waals surface area contributed by atoms with Gasteiger partial charge in [0, 0.05) is 12.6 Å². The van der Waals surface area contributed by atoms with Gasteiger partial charge in [0.2, 0.25) is 0 Å². The van der Waals surface area contributed by atoms with E-state index < -0.39 is 0 Å². The Hall–Kier alpha value is -3.18. The summed E-state index contributed by atoms with van der Waals surface area (Å²) in [6, 6.07) is 10.7. The van der Waals surface area contributed by atoms with E-state index in [0.29, 0.717) is 5.57 Å². The summed E-state index contributed by atoms with van der Waals surface area (Å²) in [6.07, 6.45) is 12.2. The van der Waals surface area contributed by atoms with Crippen molar-refractivity contribution in [2.45, 2.75) is 26.2 Å². The van der Waals surface area contributed by atoms with Crippen molar-refractivity contribution in [3.63, 3.8) is 0 Å². The SMILES string of the molecule is C=C(C#N)C1=CC(c2ccc(C3=CCCCC=C3C)cc2)=CC(=C)/C1=N\C. The average Bonchev–Trinajstić information content (AvgIpc) is 2.91. The second-order valence-electron chi connectivity index (χ2n) is 6.86. The Labute approximate surface area is 162 Å². The van der Waals surface area contributed by atoms with Crippen LogP contribution in [0, 0.1) is 11.3 Å². The largest absolute Gasteiger partial charge is 0.287 e. The predicted octanol–water partition coefficient (Wildman–Crippen LogP) is 6.23. The van der Waals surface area contributed by atoms with Gasteiger partial charge in [-0.05, 0) is 71.8 Å². The van der Waals surface area contributed by atoms with Crippen LogP contribution in [0.3, 0.4) is 0 Å². The summed E-state index contributed by atoms with van der Waals surface area (Å²) >= 11 is 0. The van der Waals surface area contributed by atoms with Crippen molar-refractivity contribution in [2.75, 3.05) is 7.05 Å². The van der Waals surface area contributed by atoms with Crippen molar-refractivity contribution >= 4 is 16.9 Å². The minimum absolute atomic E-state index is 0.406. The molecule has 0 N–H and O–H groups in total. The topological polar surface area (TPSA) is 36.1 Å². The van der Waals surface area contributed by atoms with Crippen molar-refractivity contribution < 1.29 is 0 Å². The lowest BCUT2D eigenvalue weighted by molar-refractivity contribution is 0.874. The molecule has 1 aromatic carbocycles. The Morgan fingerprint density at radius 2 is 1.74 bits per heavy atom. The molecule has 0 bridgehead atoms. The number of allylic oxidation sites excluding steroid dienone is 10. The van der Waals surface area contributed by atoms with Gasteiger partial charge in [0.05, 0.1) is 17.4 Å². The van der Waals surface area contributed by atoms with Crippen LogP contribution >= 0.6 is 0 Å². The number of benzene rings is 1. The zero-order chi connectivity index (χ0) is 19.4. The summed E-state index contributed by atoms with van der Waals surface area (Å²) in [7, 11) is 1.71. The lowest BCUT2D eigenvalue weighted by atomic mass is 9.87. The van der Waals surface area contributed by atoms with E-state index in [1.54, 1.807) is 7.05 Å². The van der Waals surface area contributed by atoms with Crippen LogP contribution in [-0.2, 0) is 0 Å². The van der Waals surface area contributed by atoms with Gasteiger partial charge in [0.15, 0.2) is 0 Å². The zero-order valence-electron chi connectivity index (χ0n) is 16.0. The fourth-order valence-corrected chi connectivity index (χ4v) is 3.56. The maximum Gasteiger partial charge on any atom is 0.0992 e. The Balaban J connectivity index is 1.97. The van der Waals surface area contributed by atoms with Crippen LogP contribution in [-0.4, -0.2) is 12.8 Å². The van der Waals surface area contributed by atoms with Gasteiger partial charge in [0.25, 0.3) is 0 Å². The van der Waals surface area contributed by atoms with Gasteiger partial charge in [-0.1, -0.05) is 49.6 Å². The third kappa shape index (κ3) is 3.83. The normalized spacial score (nSPS) is 18.7. The van der Waals surface area contributed by atoms with Crippen LogP contribution in [0.15, 0.2) is 89.0 Å². The van der Waals surface area contributed by atoms with E-state index in [1.165, 1.54) is 23.1 Å². The maximum atomic E-state index is 9.27. The van der Waals surface area contributed by atoms with Gasteiger partial charge in [-0.25, -0.2) is 0 Å². The summed E-state index contributed by atoms with van der Waals surface area (Å²) in [5.41, 5.74) is 8.72. The molecule has 0 radical (unpaired) electrons. The second-order valence-corrected chi connectivity index (χ2v) is 6.86. The molecule has 2 heteroatoms. The van der Waals surface area contributed by atoms with Crippen molar-refractivity contribution in [1.82, 2.24) is 0 Å². The van der Waals surface area contributed by atoms with E-state index in [-0.39, 0.29) is 0 Å². The Morgan fingerprint density at radius 1 is 1.07 bits per heavy atom. The van der Waals surface area contributed by atoms with Gasteiger partial charge in [0.1, 0.15) is 0 Å². The molecule has 2 aliphatic carbocycles. The Kier molecular flexibility index (Phi) is 5.52. The van der Waals surface area contributed by atoms with E-state index in [9.17, 15) is 5.26 Å². The first-order valence-corrected chi connectivity index (χ1v) is 9.22. The van der Waals surface area contributed by atoms with Gasteiger partial charge < -0.3 is 0 Å². The summed E-state index contributed by atoms with van der Waals surface area (Å²) in [4.78, 5) is 4.28.